The zero-order valence-corrected chi connectivity index (χ0v) is 14.6. The number of carbonyl (C=O) groups excluding carboxylic acids is 3. The summed E-state index contributed by atoms with van der Waals surface area (Å²) in [6, 6.07) is 6.43. The second kappa shape index (κ2) is 5.87. The molecule has 0 bridgehead atoms. The minimum absolute atomic E-state index is 0.132. The summed E-state index contributed by atoms with van der Waals surface area (Å²) < 4.78 is 5.00. The maximum atomic E-state index is 13.1. The fourth-order valence-corrected chi connectivity index (χ4v) is 4.57. The van der Waals surface area contributed by atoms with E-state index in [0.717, 1.165) is 4.90 Å². The van der Waals surface area contributed by atoms with Crippen LogP contribution in [0.4, 0.5) is 5.69 Å². The summed E-state index contributed by atoms with van der Waals surface area (Å²) in [4.78, 5) is 40.2. The van der Waals surface area contributed by atoms with Crippen molar-refractivity contribution in [2.24, 2.45) is 11.8 Å². The number of ether oxygens (including phenoxy) is 1. The number of benzene rings is 1. The van der Waals surface area contributed by atoms with Crippen molar-refractivity contribution in [2.45, 2.75) is 24.6 Å². The third-order valence-corrected chi connectivity index (χ3v) is 5.69. The molecule has 0 aromatic heterocycles. The quantitative estimate of drug-likeness (QED) is 0.622. The van der Waals surface area contributed by atoms with Gasteiger partial charge in [-0.3, -0.25) is 24.6 Å². The molecule has 2 saturated heterocycles. The Balaban J connectivity index is 1.85. The van der Waals surface area contributed by atoms with Crippen molar-refractivity contribution >= 4 is 23.4 Å². The van der Waals surface area contributed by atoms with Crippen LogP contribution in [0.2, 0.25) is 0 Å². The van der Waals surface area contributed by atoms with Crippen molar-refractivity contribution in [1.29, 1.82) is 0 Å². The van der Waals surface area contributed by atoms with Crippen LogP contribution in [-0.4, -0.2) is 60.1 Å². The third kappa shape index (κ3) is 2.03. The first kappa shape index (κ1) is 17.1. The monoisotopic (exact) mass is 359 g/mol. The second-order valence-electron chi connectivity index (χ2n) is 7.04. The lowest BCUT2D eigenvalue weighted by Crippen LogP contribution is -2.55. The summed E-state index contributed by atoms with van der Waals surface area (Å²) in [6.07, 6.45) is -0.901. The lowest BCUT2D eigenvalue weighted by Gasteiger charge is -2.30. The van der Waals surface area contributed by atoms with E-state index in [0.29, 0.717) is 11.3 Å². The molecule has 1 spiro atoms. The summed E-state index contributed by atoms with van der Waals surface area (Å²) in [5.41, 5.74) is -0.0965. The van der Waals surface area contributed by atoms with E-state index in [2.05, 4.69) is 10.6 Å². The highest BCUT2D eigenvalue weighted by atomic mass is 16.5. The van der Waals surface area contributed by atoms with Gasteiger partial charge < -0.3 is 15.2 Å². The van der Waals surface area contributed by atoms with Crippen molar-refractivity contribution in [3.8, 4) is 0 Å². The Bertz CT molecular complexity index is 795. The van der Waals surface area contributed by atoms with Crippen molar-refractivity contribution in [1.82, 2.24) is 10.2 Å². The van der Waals surface area contributed by atoms with E-state index in [-0.39, 0.29) is 25.0 Å². The Labute approximate surface area is 150 Å². The Morgan fingerprint density at radius 3 is 2.69 bits per heavy atom. The molecule has 0 saturated carbocycles. The largest absolute Gasteiger partial charge is 0.392 e. The topological polar surface area (TPSA) is 108 Å². The first-order chi connectivity index (χ1) is 12.4. The fraction of sp³-hybridized carbons (Fsp3) is 0.500. The number of amides is 3. The average molecular weight is 359 g/mol. The highest BCUT2D eigenvalue weighted by Gasteiger charge is 2.70. The van der Waals surface area contributed by atoms with Gasteiger partial charge in [0.1, 0.15) is 5.54 Å². The van der Waals surface area contributed by atoms with Crippen LogP contribution in [0, 0.1) is 11.8 Å². The molecule has 26 heavy (non-hydrogen) atoms. The lowest BCUT2D eigenvalue weighted by molar-refractivity contribution is -0.143. The second-order valence-corrected chi connectivity index (χ2v) is 7.04. The van der Waals surface area contributed by atoms with Gasteiger partial charge in [0.15, 0.2) is 0 Å². The Hall–Kier alpha value is -2.29. The number of para-hydroxylation sites is 1. The fourth-order valence-electron chi connectivity index (χ4n) is 4.57. The van der Waals surface area contributed by atoms with E-state index < -0.39 is 35.4 Å². The molecule has 1 aromatic carbocycles. The van der Waals surface area contributed by atoms with Crippen LogP contribution in [-0.2, 0) is 24.7 Å². The summed E-state index contributed by atoms with van der Waals surface area (Å²) in [5, 5.41) is 16.2. The number of carbonyl (C=O) groups is 3. The standard InChI is InChI=1S/C18H21N3O5/c1-9(22)14-12-13(16(24)21(15(12)23)7-8-26-2)18(20-14)10-5-3-4-6-11(10)19-17(18)25/h3-6,9,12-14,20,22H,7-8H2,1-2H3,(H,19,25)/t9-,12+,13+,14+,18+/m1/s1. The number of methoxy groups -OCH3 is 1. The maximum absolute atomic E-state index is 13.1. The molecule has 2 fully saturated rings. The van der Waals surface area contributed by atoms with E-state index in [4.69, 9.17) is 4.74 Å². The number of nitrogens with zero attached hydrogens (tertiary/aromatic N) is 1. The average Bonchev–Trinajstić information content (AvgIpc) is 3.20. The number of likely N-dealkylation sites (tertiary alicyclic amines) is 1. The molecule has 5 atom stereocenters. The van der Waals surface area contributed by atoms with Gasteiger partial charge in [0.2, 0.25) is 17.7 Å². The Kier molecular flexibility index (Phi) is 3.87. The lowest BCUT2D eigenvalue weighted by atomic mass is 9.76. The predicted molar refractivity (Wildman–Crippen MR) is 90.9 cm³/mol. The number of hydrogen-bond donors (Lipinski definition) is 3. The molecule has 0 aliphatic carbocycles. The Morgan fingerprint density at radius 1 is 1.27 bits per heavy atom. The van der Waals surface area contributed by atoms with E-state index in [1.54, 1.807) is 31.2 Å². The van der Waals surface area contributed by atoms with Crippen LogP contribution in [0.3, 0.4) is 0 Å². The minimum atomic E-state index is -1.35. The van der Waals surface area contributed by atoms with Crippen molar-refractivity contribution in [2.75, 3.05) is 25.6 Å². The number of aliphatic hydroxyl groups excluding tert-OH is 1. The molecule has 1 aromatic rings. The van der Waals surface area contributed by atoms with Crippen LogP contribution in [0.15, 0.2) is 24.3 Å². The molecule has 0 unspecified atom stereocenters. The van der Waals surface area contributed by atoms with Gasteiger partial charge in [-0.1, -0.05) is 18.2 Å². The van der Waals surface area contributed by atoms with Gasteiger partial charge in [-0.25, -0.2) is 0 Å². The predicted octanol–water partition coefficient (Wildman–Crippen LogP) is -0.566. The van der Waals surface area contributed by atoms with Crippen LogP contribution in [0.1, 0.15) is 12.5 Å². The van der Waals surface area contributed by atoms with Crippen molar-refractivity contribution in [3.05, 3.63) is 29.8 Å². The third-order valence-electron chi connectivity index (χ3n) is 5.69. The smallest absolute Gasteiger partial charge is 0.250 e. The van der Waals surface area contributed by atoms with E-state index >= 15 is 0 Å². The van der Waals surface area contributed by atoms with Gasteiger partial charge >= 0.3 is 0 Å². The molecule has 138 valence electrons. The zero-order chi connectivity index (χ0) is 18.6. The highest BCUT2D eigenvalue weighted by molar-refractivity contribution is 6.15. The summed E-state index contributed by atoms with van der Waals surface area (Å²) >= 11 is 0. The number of rotatable bonds is 4. The molecular weight excluding hydrogens is 338 g/mol. The van der Waals surface area contributed by atoms with Crippen LogP contribution in [0.25, 0.3) is 0 Å². The molecule has 4 rings (SSSR count). The molecule has 3 amide bonds. The van der Waals surface area contributed by atoms with Crippen molar-refractivity contribution < 1.29 is 24.2 Å². The molecule has 3 aliphatic heterocycles. The van der Waals surface area contributed by atoms with Gasteiger partial charge in [-0.2, -0.15) is 0 Å². The Morgan fingerprint density at radius 2 is 2.00 bits per heavy atom. The van der Waals surface area contributed by atoms with E-state index in [9.17, 15) is 19.5 Å². The first-order valence-corrected chi connectivity index (χ1v) is 8.64. The van der Waals surface area contributed by atoms with E-state index in [1.807, 2.05) is 0 Å². The highest BCUT2D eigenvalue weighted by Crippen LogP contribution is 2.53. The van der Waals surface area contributed by atoms with Gasteiger partial charge in [0.05, 0.1) is 31.1 Å². The maximum Gasteiger partial charge on any atom is 0.250 e. The van der Waals surface area contributed by atoms with Crippen LogP contribution >= 0.6 is 0 Å². The molecule has 0 radical (unpaired) electrons. The summed E-state index contributed by atoms with van der Waals surface area (Å²) in [7, 11) is 1.49. The first-order valence-electron chi connectivity index (χ1n) is 8.64. The van der Waals surface area contributed by atoms with Gasteiger partial charge in [0.25, 0.3) is 0 Å². The molecule has 3 N–H and O–H groups in total. The van der Waals surface area contributed by atoms with Gasteiger partial charge in [-0.15, -0.1) is 0 Å². The molecule has 3 aliphatic rings. The SMILES string of the molecule is COCCN1C(=O)[C@@H]2[C@H]([C@@H](C)O)N[C@]3(C(=O)Nc4ccccc43)[C@@H]2C1=O. The zero-order valence-electron chi connectivity index (χ0n) is 14.6. The number of anilines is 1. The van der Waals surface area contributed by atoms with Gasteiger partial charge in [-0.05, 0) is 13.0 Å². The normalized spacial score (nSPS) is 33.6. The van der Waals surface area contributed by atoms with Crippen LogP contribution < -0.4 is 10.6 Å². The van der Waals surface area contributed by atoms with Crippen LogP contribution in [0.5, 0.6) is 0 Å². The molecule has 3 heterocycles. The van der Waals surface area contributed by atoms with Gasteiger partial charge in [0, 0.05) is 24.4 Å². The molecule has 8 nitrogen and oxygen atoms in total. The van der Waals surface area contributed by atoms with Crippen molar-refractivity contribution in [3.63, 3.8) is 0 Å². The molecule has 8 heteroatoms. The number of fused-ring (bicyclic) bond motifs is 4. The number of nitrogens with one attached hydrogen (secondary N) is 2. The summed E-state index contributed by atoms with van der Waals surface area (Å²) in [5.74, 6) is -2.83. The number of aliphatic hydroxyl groups is 1. The number of imide groups is 1. The van der Waals surface area contributed by atoms with E-state index in [1.165, 1.54) is 7.11 Å². The summed E-state index contributed by atoms with van der Waals surface area (Å²) in [6.45, 7) is 1.91. The molecular formula is C18H21N3O5. The minimum Gasteiger partial charge on any atom is -0.392 e. The number of hydrogen-bond acceptors (Lipinski definition) is 6.